The normalized spacial score (nSPS) is 14.9. The second-order valence-electron chi connectivity index (χ2n) is 4.24. The zero-order chi connectivity index (χ0) is 11.3. The van der Waals surface area contributed by atoms with Crippen LogP contribution in [-0.4, -0.2) is 4.98 Å². The first-order valence-corrected chi connectivity index (χ1v) is 5.47. The molecule has 0 aromatic carbocycles. The van der Waals surface area contributed by atoms with E-state index in [0.29, 0.717) is 0 Å². The van der Waals surface area contributed by atoms with E-state index in [0.717, 1.165) is 18.5 Å². The third kappa shape index (κ3) is 3.59. The third-order valence-electron chi connectivity index (χ3n) is 2.61. The zero-order valence-electron chi connectivity index (χ0n) is 9.46. The Balaban J connectivity index is 2.63. The zero-order valence-corrected chi connectivity index (χ0v) is 9.46. The quantitative estimate of drug-likeness (QED) is 0.759. The Hall–Kier alpha value is -0.960. The van der Waals surface area contributed by atoms with E-state index in [2.05, 4.69) is 11.9 Å². The summed E-state index contributed by atoms with van der Waals surface area (Å²) in [5.74, 6) is -0.317. The fourth-order valence-electron chi connectivity index (χ4n) is 1.58. The van der Waals surface area contributed by atoms with E-state index in [9.17, 15) is 4.39 Å². The van der Waals surface area contributed by atoms with E-state index in [4.69, 9.17) is 5.73 Å². The lowest BCUT2D eigenvalue weighted by atomic mass is 9.91. The average Bonchev–Trinajstić information content (AvgIpc) is 2.18. The predicted molar refractivity (Wildman–Crippen MR) is 59.9 cm³/mol. The van der Waals surface area contributed by atoms with Crippen LogP contribution in [0, 0.1) is 5.82 Å². The van der Waals surface area contributed by atoms with Crippen LogP contribution in [0.4, 0.5) is 4.39 Å². The maximum Gasteiger partial charge on any atom is 0.141 e. The molecule has 0 aliphatic rings. The second-order valence-corrected chi connectivity index (χ2v) is 4.24. The van der Waals surface area contributed by atoms with Crippen molar-refractivity contribution in [1.29, 1.82) is 0 Å². The van der Waals surface area contributed by atoms with E-state index in [1.807, 2.05) is 6.92 Å². The van der Waals surface area contributed by atoms with Gasteiger partial charge in [0.15, 0.2) is 0 Å². The van der Waals surface area contributed by atoms with Crippen LogP contribution in [0.2, 0.25) is 0 Å². The average molecular weight is 210 g/mol. The van der Waals surface area contributed by atoms with Gasteiger partial charge in [-0.05, 0) is 25.5 Å². The first kappa shape index (κ1) is 12.1. The van der Waals surface area contributed by atoms with Crippen molar-refractivity contribution >= 4 is 0 Å². The number of aromatic nitrogens is 1. The smallest absolute Gasteiger partial charge is 0.141 e. The summed E-state index contributed by atoms with van der Waals surface area (Å²) in [7, 11) is 0. The van der Waals surface area contributed by atoms with Crippen molar-refractivity contribution in [2.75, 3.05) is 0 Å². The molecule has 15 heavy (non-hydrogen) atoms. The third-order valence-corrected chi connectivity index (χ3v) is 2.61. The molecule has 0 radical (unpaired) electrons. The minimum absolute atomic E-state index is 0.317. The van der Waals surface area contributed by atoms with Crippen LogP contribution in [0.25, 0.3) is 0 Å². The van der Waals surface area contributed by atoms with Gasteiger partial charge in [0.05, 0.1) is 17.4 Å². The van der Waals surface area contributed by atoms with Gasteiger partial charge in [0.2, 0.25) is 0 Å². The molecule has 2 N–H and O–H groups in total. The highest BCUT2D eigenvalue weighted by atomic mass is 19.1. The van der Waals surface area contributed by atoms with E-state index < -0.39 is 5.54 Å². The lowest BCUT2D eigenvalue weighted by Gasteiger charge is -2.23. The van der Waals surface area contributed by atoms with Gasteiger partial charge in [-0.25, -0.2) is 4.39 Å². The van der Waals surface area contributed by atoms with Gasteiger partial charge in [0, 0.05) is 0 Å². The number of unbranched alkanes of at least 4 members (excludes halogenated alkanes) is 2. The largest absolute Gasteiger partial charge is 0.320 e. The molecule has 1 aromatic rings. The van der Waals surface area contributed by atoms with E-state index in [-0.39, 0.29) is 5.82 Å². The summed E-state index contributed by atoms with van der Waals surface area (Å²) < 4.78 is 12.7. The van der Waals surface area contributed by atoms with Crippen molar-refractivity contribution in [3.8, 4) is 0 Å². The molecular weight excluding hydrogens is 191 g/mol. The summed E-state index contributed by atoms with van der Waals surface area (Å²) in [5.41, 5.74) is 6.47. The number of nitrogens with two attached hydrogens (primary N) is 1. The van der Waals surface area contributed by atoms with Gasteiger partial charge in [-0.1, -0.05) is 26.2 Å². The second kappa shape index (κ2) is 5.21. The molecule has 1 rings (SSSR count). The summed E-state index contributed by atoms with van der Waals surface area (Å²) in [5, 5.41) is 0. The fourth-order valence-corrected chi connectivity index (χ4v) is 1.58. The Labute approximate surface area is 90.7 Å². The molecule has 0 saturated carbocycles. The summed E-state index contributed by atoms with van der Waals surface area (Å²) in [6.07, 6.45) is 5.54. The number of rotatable bonds is 5. The minimum Gasteiger partial charge on any atom is -0.320 e. The van der Waals surface area contributed by atoms with Crippen LogP contribution in [0.15, 0.2) is 18.3 Å². The summed E-state index contributed by atoms with van der Waals surface area (Å²) in [6.45, 7) is 4.10. The van der Waals surface area contributed by atoms with Crippen molar-refractivity contribution in [3.05, 3.63) is 29.8 Å². The molecular formula is C12H19FN2. The maximum absolute atomic E-state index is 12.7. The molecule has 0 aliphatic carbocycles. The molecule has 1 heterocycles. The van der Waals surface area contributed by atoms with Crippen LogP contribution in [0.3, 0.4) is 0 Å². The van der Waals surface area contributed by atoms with Crippen molar-refractivity contribution < 1.29 is 4.39 Å². The Morgan fingerprint density at radius 1 is 1.40 bits per heavy atom. The van der Waals surface area contributed by atoms with Crippen LogP contribution in [0.1, 0.15) is 45.2 Å². The van der Waals surface area contributed by atoms with Gasteiger partial charge in [-0.2, -0.15) is 0 Å². The molecule has 0 saturated heterocycles. The SMILES string of the molecule is CCCCCC(C)(N)c1ccc(F)cn1. The number of nitrogens with zero attached hydrogens (tertiary/aromatic N) is 1. The molecule has 84 valence electrons. The number of halogens is 1. The lowest BCUT2D eigenvalue weighted by molar-refractivity contribution is 0.414. The Morgan fingerprint density at radius 2 is 2.13 bits per heavy atom. The van der Waals surface area contributed by atoms with Crippen molar-refractivity contribution in [3.63, 3.8) is 0 Å². The molecule has 0 spiro atoms. The highest BCUT2D eigenvalue weighted by Crippen LogP contribution is 2.22. The van der Waals surface area contributed by atoms with Crippen LogP contribution >= 0.6 is 0 Å². The van der Waals surface area contributed by atoms with Crippen molar-refractivity contribution in [2.45, 2.75) is 45.1 Å². The van der Waals surface area contributed by atoms with Crippen molar-refractivity contribution in [2.24, 2.45) is 5.73 Å². The summed E-state index contributed by atoms with van der Waals surface area (Å²) >= 11 is 0. The molecule has 3 heteroatoms. The van der Waals surface area contributed by atoms with E-state index >= 15 is 0 Å². The van der Waals surface area contributed by atoms with Crippen LogP contribution in [-0.2, 0) is 5.54 Å². The lowest BCUT2D eigenvalue weighted by Crippen LogP contribution is -2.33. The molecule has 0 fully saturated rings. The van der Waals surface area contributed by atoms with Crippen LogP contribution < -0.4 is 5.73 Å². The first-order valence-electron chi connectivity index (χ1n) is 5.47. The van der Waals surface area contributed by atoms with Gasteiger partial charge in [0.25, 0.3) is 0 Å². The number of pyridine rings is 1. The van der Waals surface area contributed by atoms with E-state index in [1.165, 1.54) is 25.1 Å². The molecule has 1 aromatic heterocycles. The Kier molecular flexibility index (Phi) is 4.21. The molecule has 1 atom stereocenters. The maximum atomic E-state index is 12.7. The molecule has 0 amide bonds. The van der Waals surface area contributed by atoms with Gasteiger partial charge < -0.3 is 5.73 Å². The fraction of sp³-hybridized carbons (Fsp3) is 0.583. The molecule has 2 nitrogen and oxygen atoms in total. The topological polar surface area (TPSA) is 38.9 Å². The standard InChI is InChI=1S/C12H19FN2/c1-3-4-5-8-12(2,14)11-7-6-10(13)9-15-11/h6-7,9H,3-5,8,14H2,1-2H3. The molecule has 1 unspecified atom stereocenters. The highest BCUT2D eigenvalue weighted by molar-refractivity contribution is 5.14. The highest BCUT2D eigenvalue weighted by Gasteiger charge is 2.21. The Bertz CT molecular complexity index is 293. The molecule has 0 bridgehead atoms. The van der Waals surface area contributed by atoms with E-state index in [1.54, 1.807) is 6.07 Å². The molecule has 0 aliphatic heterocycles. The van der Waals surface area contributed by atoms with Crippen LogP contribution in [0.5, 0.6) is 0 Å². The van der Waals surface area contributed by atoms with Gasteiger partial charge in [-0.15, -0.1) is 0 Å². The minimum atomic E-state index is -0.442. The van der Waals surface area contributed by atoms with Gasteiger partial charge in [0.1, 0.15) is 5.82 Å². The summed E-state index contributed by atoms with van der Waals surface area (Å²) in [4.78, 5) is 4.03. The predicted octanol–water partition coefficient (Wildman–Crippen LogP) is 2.97. The summed E-state index contributed by atoms with van der Waals surface area (Å²) in [6, 6.07) is 3.08. The Morgan fingerprint density at radius 3 is 2.67 bits per heavy atom. The van der Waals surface area contributed by atoms with Gasteiger partial charge >= 0.3 is 0 Å². The first-order chi connectivity index (χ1) is 7.06. The monoisotopic (exact) mass is 210 g/mol. The number of hydrogen-bond acceptors (Lipinski definition) is 2. The van der Waals surface area contributed by atoms with Crippen molar-refractivity contribution in [1.82, 2.24) is 4.98 Å². The van der Waals surface area contributed by atoms with Gasteiger partial charge in [-0.3, -0.25) is 4.98 Å². The number of hydrogen-bond donors (Lipinski definition) is 1.